The van der Waals surface area contributed by atoms with Crippen LogP contribution in [0, 0.1) is 0 Å². The van der Waals surface area contributed by atoms with Gasteiger partial charge in [0.05, 0.1) is 12.1 Å². The van der Waals surface area contributed by atoms with Crippen LogP contribution in [0.5, 0.6) is 0 Å². The van der Waals surface area contributed by atoms with Crippen LogP contribution in [0.1, 0.15) is 24.0 Å². The Morgan fingerprint density at radius 2 is 2.29 bits per heavy atom. The molecule has 0 amide bonds. The van der Waals surface area contributed by atoms with Gasteiger partial charge in [-0.2, -0.15) is 0 Å². The monoisotopic (exact) mass is 255 g/mol. The summed E-state index contributed by atoms with van der Waals surface area (Å²) in [5.41, 5.74) is 7.99. The molecule has 0 heterocycles. The van der Waals surface area contributed by atoms with Crippen LogP contribution in [0.2, 0.25) is 0 Å². The maximum absolute atomic E-state index is 9.35. The predicted octanol–water partition coefficient (Wildman–Crippen LogP) is 1.93. The van der Waals surface area contributed by atoms with Crippen LogP contribution in [-0.2, 0) is 12.0 Å². The maximum atomic E-state index is 9.35. The number of aliphatic hydroxyl groups excluding tert-OH is 1. The van der Waals surface area contributed by atoms with E-state index in [1.54, 1.807) is 0 Å². The van der Waals surface area contributed by atoms with Gasteiger partial charge in [-0.25, -0.2) is 0 Å². The molecule has 1 aromatic rings. The second kappa shape index (κ2) is 3.65. The topological polar surface area (TPSA) is 46.2 Å². The quantitative estimate of drug-likeness (QED) is 0.806. The molecule has 0 saturated heterocycles. The van der Waals surface area contributed by atoms with E-state index in [4.69, 9.17) is 5.73 Å². The van der Waals surface area contributed by atoms with Crippen LogP contribution in [0.3, 0.4) is 0 Å². The van der Waals surface area contributed by atoms with Crippen molar-refractivity contribution in [2.24, 2.45) is 5.73 Å². The Kier molecular flexibility index (Phi) is 2.64. The fraction of sp³-hybridized carbons (Fsp3) is 0.455. The molecular formula is C11H14BrNO. The molecule has 0 aliphatic heterocycles. The Bertz CT molecular complexity index is 353. The highest BCUT2D eigenvalue weighted by atomic mass is 79.9. The molecule has 2 rings (SSSR count). The minimum Gasteiger partial charge on any atom is -0.394 e. The molecule has 1 atom stereocenters. The van der Waals surface area contributed by atoms with E-state index in [1.165, 1.54) is 5.56 Å². The summed E-state index contributed by atoms with van der Waals surface area (Å²) in [6, 6.07) is 6.03. The summed E-state index contributed by atoms with van der Waals surface area (Å²) in [6.07, 6.45) is 2.97. The number of hydrogen-bond donors (Lipinski definition) is 2. The van der Waals surface area contributed by atoms with Crippen LogP contribution in [0.15, 0.2) is 22.7 Å². The van der Waals surface area contributed by atoms with Gasteiger partial charge in [-0.1, -0.05) is 28.1 Å². The first-order valence-electron chi connectivity index (χ1n) is 4.85. The van der Waals surface area contributed by atoms with Gasteiger partial charge in [-0.15, -0.1) is 0 Å². The van der Waals surface area contributed by atoms with Crippen molar-refractivity contribution < 1.29 is 5.11 Å². The van der Waals surface area contributed by atoms with E-state index in [2.05, 4.69) is 15.9 Å². The molecule has 3 N–H and O–H groups in total. The molecule has 0 bridgehead atoms. The van der Waals surface area contributed by atoms with Crippen LogP contribution in [-0.4, -0.2) is 11.7 Å². The SMILES string of the molecule is NC1(CO)CCCc2c(Br)cccc21. The summed E-state index contributed by atoms with van der Waals surface area (Å²) in [5, 5.41) is 9.35. The molecule has 0 radical (unpaired) electrons. The zero-order chi connectivity index (χ0) is 10.2. The lowest BCUT2D eigenvalue weighted by Gasteiger charge is -2.34. The molecule has 1 aliphatic carbocycles. The van der Waals surface area contributed by atoms with Gasteiger partial charge < -0.3 is 10.8 Å². The minimum absolute atomic E-state index is 0.0243. The molecule has 0 fully saturated rings. The van der Waals surface area contributed by atoms with Crippen LogP contribution in [0.4, 0.5) is 0 Å². The maximum Gasteiger partial charge on any atom is 0.0653 e. The van der Waals surface area contributed by atoms with E-state index >= 15 is 0 Å². The van der Waals surface area contributed by atoms with Gasteiger partial charge in [-0.3, -0.25) is 0 Å². The Balaban J connectivity index is 2.55. The lowest BCUT2D eigenvalue weighted by Crippen LogP contribution is -2.43. The molecule has 2 nitrogen and oxygen atoms in total. The fourth-order valence-electron chi connectivity index (χ4n) is 2.16. The number of nitrogens with two attached hydrogens (primary N) is 1. The van der Waals surface area contributed by atoms with Gasteiger partial charge in [0.2, 0.25) is 0 Å². The first-order valence-corrected chi connectivity index (χ1v) is 5.64. The van der Waals surface area contributed by atoms with Gasteiger partial charge in [-0.05, 0) is 36.5 Å². The molecule has 0 aromatic heterocycles. The van der Waals surface area contributed by atoms with Crippen molar-refractivity contribution in [3.05, 3.63) is 33.8 Å². The number of fused-ring (bicyclic) bond motifs is 1. The molecule has 14 heavy (non-hydrogen) atoms. The molecule has 3 heteroatoms. The zero-order valence-electron chi connectivity index (χ0n) is 7.96. The number of hydrogen-bond acceptors (Lipinski definition) is 2. The van der Waals surface area contributed by atoms with Gasteiger partial charge in [0.1, 0.15) is 0 Å². The zero-order valence-corrected chi connectivity index (χ0v) is 9.55. The van der Waals surface area contributed by atoms with Gasteiger partial charge in [0.25, 0.3) is 0 Å². The van der Waals surface area contributed by atoms with Gasteiger partial charge in [0.15, 0.2) is 0 Å². The first-order chi connectivity index (χ1) is 6.67. The minimum atomic E-state index is -0.530. The van der Waals surface area contributed by atoms with Crippen molar-refractivity contribution in [3.63, 3.8) is 0 Å². The summed E-state index contributed by atoms with van der Waals surface area (Å²) in [6.45, 7) is 0.0243. The number of benzene rings is 1. The highest BCUT2D eigenvalue weighted by Gasteiger charge is 2.32. The molecular weight excluding hydrogens is 242 g/mol. The third-order valence-electron chi connectivity index (χ3n) is 2.99. The van der Waals surface area contributed by atoms with Gasteiger partial charge >= 0.3 is 0 Å². The number of rotatable bonds is 1. The van der Waals surface area contributed by atoms with Crippen molar-refractivity contribution in [1.82, 2.24) is 0 Å². The van der Waals surface area contributed by atoms with Gasteiger partial charge in [0, 0.05) is 4.47 Å². The van der Waals surface area contributed by atoms with Crippen molar-refractivity contribution in [3.8, 4) is 0 Å². The van der Waals surface area contributed by atoms with Crippen molar-refractivity contribution in [1.29, 1.82) is 0 Å². The lowest BCUT2D eigenvalue weighted by atomic mass is 9.78. The molecule has 76 valence electrons. The fourth-order valence-corrected chi connectivity index (χ4v) is 2.72. The summed E-state index contributed by atoms with van der Waals surface area (Å²) in [5.74, 6) is 0. The average molecular weight is 256 g/mol. The Hall–Kier alpha value is -0.380. The summed E-state index contributed by atoms with van der Waals surface area (Å²) >= 11 is 3.53. The molecule has 1 aliphatic rings. The Morgan fingerprint density at radius 1 is 1.50 bits per heavy atom. The van der Waals surface area contributed by atoms with E-state index < -0.39 is 5.54 Å². The van der Waals surface area contributed by atoms with E-state index in [9.17, 15) is 5.11 Å². The lowest BCUT2D eigenvalue weighted by molar-refractivity contribution is 0.178. The average Bonchev–Trinajstić information content (AvgIpc) is 2.20. The molecule has 0 saturated carbocycles. The van der Waals surface area contributed by atoms with E-state index in [-0.39, 0.29) is 6.61 Å². The smallest absolute Gasteiger partial charge is 0.0653 e. The Labute approximate surface area is 92.3 Å². The van der Waals surface area contributed by atoms with Crippen LogP contribution in [0.25, 0.3) is 0 Å². The Morgan fingerprint density at radius 3 is 3.00 bits per heavy atom. The second-order valence-corrected chi connectivity index (χ2v) is 4.79. The third kappa shape index (κ3) is 1.49. The van der Waals surface area contributed by atoms with Crippen LogP contribution < -0.4 is 5.73 Å². The van der Waals surface area contributed by atoms with Crippen molar-refractivity contribution >= 4 is 15.9 Å². The third-order valence-corrected chi connectivity index (χ3v) is 3.73. The van der Waals surface area contributed by atoms with E-state index in [0.29, 0.717) is 0 Å². The second-order valence-electron chi connectivity index (χ2n) is 3.93. The highest BCUT2D eigenvalue weighted by Crippen LogP contribution is 2.36. The largest absolute Gasteiger partial charge is 0.394 e. The predicted molar refractivity (Wildman–Crippen MR) is 60.0 cm³/mol. The summed E-state index contributed by atoms with van der Waals surface area (Å²) in [7, 11) is 0. The molecule has 1 unspecified atom stereocenters. The molecule has 0 spiro atoms. The van der Waals surface area contributed by atoms with Crippen molar-refractivity contribution in [2.45, 2.75) is 24.8 Å². The van der Waals surface area contributed by atoms with E-state index in [1.807, 2.05) is 18.2 Å². The van der Waals surface area contributed by atoms with Crippen molar-refractivity contribution in [2.75, 3.05) is 6.61 Å². The summed E-state index contributed by atoms with van der Waals surface area (Å²) < 4.78 is 1.11. The highest BCUT2D eigenvalue weighted by molar-refractivity contribution is 9.10. The van der Waals surface area contributed by atoms with E-state index in [0.717, 1.165) is 29.3 Å². The number of halogens is 1. The number of aliphatic hydroxyl groups is 1. The normalized spacial score (nSPS) is 25.9. The first kappa shape index (κ1) is 10.1. The molecule has 1 aromatic carbocycles. The summed E-state index contributed by atoms with van der Waals surface area (Å²) in [4.78, 5) is 0. The van der Waals surface area contributed by atoms with Crippen LogP contribution >= 0.6 is 15.9 Å². The standard InChI is InChI=1S/C11H14BrNO/c12-10-5-1-4-9-8(10)3-2-6-11(9,13)7-14/h1,4-5,14H,2-3,6-7,13H2.